The molecule has 6 heteroatoms. The molecule has 5 nitrogen and oxygen atoms in total. The highest BCUT2D eigenvalue weighted by Crippen LogP contribution is 2.36. The van der Waals surface area contributed by atoms with Gasteiger partial charge in [-0.2, -0.15) is 0 Å². The molecular weight excluding hydrogens is 328 g/mol. The van der Waals surface area contributed by atoms with Crippen molar-refractivity contribution in [2.75, 3.05) is 20.3 Å². The maximum absolute atomic E-state index is 12.9. The van der Waals surface area contributed by atoms with Gasteiger partial charge in [-0.3, -0.25) is 4.79 Å². The number of nitrogens with two attached hydrogens (primary N) is 1. The second kappa shape index (κ2) is 7.90. The van der Waals surface area contributed by atoms with E-state index in [0.717, 1.165) is 31.4 Å². The maximum Gasteiger partial charge on any atom is 0.253 e. The highest BCUT2D eigenvalue weighted by molar-refractivity contribution is 5.99. The van der Waals surface area contributed by atoms with Gasteiger partial charge in [-0.15, -0.1) is 12.4 Å². The van der Waals surface area contributed by atoms with Crippen LogP contribution in [0.3, 0.4) is 0 Å². The number of rotatable bonds is 3. The first-order valence-corrected chi connectivity index (χ1v) is 8.18. The van der Waals surface area contributed by atoms with E-state index in [1.807, 2.05) is 36.1 Å². The molecule has 2 heterocycles. The van der Waals surface area contributed by atoms with Gasteiger partial charge in [0.2, 0.25) is 0 Å². The van der Waals surface area contributed by atoms with Crippen LogP contribution in [0.5, 0.6) is 11.5 Å². The zero-order chi connectivity index (χ0) is 16.4. The number of likely N-dealkylation sites (tertiary alicyclic amines) is 1. The highest BCUT2D eigenvalue weighted by atomic mass is 35.5. The first kappa shape index (κ1) is 18.6. The minimum absolute atomic E-state index is 0. The highest BCUT2D eigenvalue weighted by Gasteiger charge is 2.32. The fourth-order valence-electron chi connectivity index (χ4n) is 3.41. The van der Waals surface area contributed by atoms with Gasteiger partial charge in [-0.1, -0.05) is 12.1 Å². The van der Waals surface area contributed by atoms with Crippen LogP contribution in [0.4, 0.5) is 0 Å². The number of carbonyl (C=O) groups excluding carboxylic acids is 1. The largest absolute Gasteiger partial charge is 0.493 e. The Bertz CT molecular complexity index is 631. The molecule has 2 unspecified atom stereocenters. The molecule has 2 aliphatic rings. The molecule has 0 radical (unpaired) electrons. The second-order valence-electron chi connectivity index (χ2n) is 6.26. The third kappa shape index (κ3) is 3.52. The van der Waals surface area contributed by atoms with Crippen molar-refractivity contribution in [3.8, 4) is 11.5 Å². The average Bonchev–Trinajstić information content (AvgIpc) is 2.60. The summed E-state index contributed by atoms with van der Waals surface area (Å²) in [6, 6.07) is 5.79. The summed E-state index contributed by atoms with van der Waals surface area (Å²) >= 11 is 0. The van der Waals surface area contributed by atoms with Gasteiger partial charge in [0.25, 0.3) is 5.91 Å². The average molecular weight is 353 g/mol. The number of ether oxygens (including phenoxy) is 2. The molecule has 0 aromatic heterocycles. The van der Waals surface area contributed by atoms with Crippen LogP contribution >= 0.6 is 12.4 Å². The molecule has 3 rings (SSSR count). The molecule has 1 saturated heterocycles. The lowest BCUT2D eigenvalue weighted by molar-refractivity contribution is -0.131. The summed E-state index contributed by atoms with van der Waals surface area (Å²) in [4.78, 5) is 14.8. The van der Waals surface area contributed by atoms with Crippen molar-refractivity contribution < 1.29 is 14.3 Å². The molecule has 2 atom stereocenters. The zero-order valence-corrected chi connectivity index (χ0v) is 15.0. The van der Waals surface area contributed by atoms with E-state index < -0.39 is 0 Å². The molecular formula is C18H25ClN2O3. The number of hydrogen-bond acceptors (Lipinski definition) is 4. The van der Waals surface area contributed by atoms with Crippen LogP contribution in [0.1, 0.15) is 31.7 Å². The Morgan fingerprint density at radius 2 is 2.21 bits per heavy atom. The van der Waals surface area contributed by atoms with E-state index in [1.54, 1.807) is 7.11 Å². The predicted molar refractivity (Wildman–Crippen MR) is 96.7 cm³/mol. The molecule has 24 heavy (non-hydrogen) atoms. The Balaban J connectivity index is 0.00000208. The Hall–Kier alpha value is -1.72. The van der Waals surface area contributed by atoms with Crippen molar-refractivity contribution in [2.45, 2.75) is 38.3 Å². The fourth-order valence-corrected chi connectivity index (χ4v) is 3.41. The molecule has 1 aromatic rings. The molecule has 0 bridgehead atoms. The Morgan fingerprint density at radius 1 is 1.42 bits per heavy atom. The summed E-state index contributed by atoms with van der Waals surface area (Å²) in [5.74, 6) is 1.44. The van der Waals surface area contributed by atoms with E-state index in [2.05, 4.69) is 0 Å². The van der Waals surface area contributed by atoms with Gasteiger partial charge in [0.15, 0.2) is 11.5 Å². The van der Waals surface area contributed by atoms with Crippen molar-refractivity contribution in [3.63, 3.8) is 0 Å². The van der Waals surface area contributed by atoms with Crippen LogP contribution < -0.4 is 15.2 Å². The summed E-state index contributed by atoms with van der Waals surface area (Å²) in [7, 11) is 1.62. The van der Waals surface area contributed by atoms with Gasteiger partial charge < -0.3 is 20.1 Å². The van der Waals surface area contributed by atoms with Gasteiger partial charge in [-0.25, -0.2) is 0 Å². The Morgan fingerprint density at radius 3 is 2.92 bits per heavy atom. The number of benzene rings is 1. The smallest absolute Gasteiger partial charge is 0.253 e. The molecule has 2 N–H and O–H groups in total. The van der Waals surface area contributed by atoms with Crippen molar-refractivity contribution in [1.29, 1.82) is 0 Å². The lowest BCUT2D eigenvalue weighted by Gasteiger charge is -2.38. The van der Waals surface area contributed by atoms with Crippen LogP contribution in [0, 0.1) is 0 Å². The topological polar surface area (TPSA) is 64.8 Å². The predicted octanol–water partition coefficient (Wildman–Crippen LogP) is 2.62. The van der Waals surface area contributed by atoms with Crippen molar-refractivity contribution >= 4 is 24.4 Å². The van der Waals surface area contributed by atoms with Gasteiger partial charge >= 0.3 is 0 Å². The maximum atomic E-state index is 12.9. The lowest BCUT2D eigenvalue weighted by atomic mass is 9.95. The van der Waals surface area contributed by atoms with Crippen LogP contribution in [0.2, 0.25) is 0 Å². The van der Waals surface area contributed by atoms with Crippen LogP contribution in [-0.4, -0.2) is 43.2 Å². The van der Waals surface area contributed by atoms with E-state index in [9.17, 15) is 4.79 Å². The minimum atomic E-state index is -0.0169. The normalized spacial score (nSPS) is 20.9. The third-order valence-corrected chi connectivity index (χ3v) is 4.62. The van der Waals surface area contributed by atoms with E-state index in [0.29, 0.717) is 17.1 Å². The number of carbonyl (C=O) groups is 1. The van der Waals surface area contributed by atoms with E-state index in [1.165, 1.54) is 0 Å². The SMILES string of the molecule is COc1cccc2c1OCC(C(=O)N1CCCCC1C(C)N)=C2.Cl. The van der Waals surface area contributed by atoms with Crippen molar-refractivity contribution in [3.05, 3.63) is 29.3 Å². The van der Waals surface area contributed by atoms with Crippen LogP contribution in [-0.2, 0) is 4.79 Å². The second-order valence-corrected chi connectivity index (χ2v) is 6.26. The third-order valence-electron chi connectivity index (χ3n) is 4.62. The summed E-state index contributed by atoms with van der Waals surface area (Å²) in [5.41, 5.74) is 7.64. The summed E-state index contributed by atoms with van der Waals surface area (Å²) in [6.07, 6.45) is 5.05. The lowest BCUT2D eigenvalue weighted by Crippen LogP contribution is -2.52. The van der Waals surface area contributed by atoms with E-state index in [-0.39, 0.29) is 37.0 Å². The number of hydrogen-bond donors (Lipinski definition) is 1. The molecule has 2 aliphatic heterocycles. The summed E-state index contributed by atoms with van der Waals surface area (Å²) in [5, 5.41) is 0. The minimum Gasteiger partial charge on any atom is -0.493 e. The number of amides is 1. The van der Waals surface area contributed by atoms with E-state index >= 15 is 0 Å². The van der Waals surface area contributed by atoms with Crippen molar-refractivity contribution in [2.24, 2.45) is 5.73 Å². The number of fused-ring (bicyclic) bond motifs is 1. The number of piperidine rings is 1. The number of nitrogens with zero attached hydrogens (tertiary/aromatic N) is 1. The van der Waals surface area contributed by atoms with Crippen LogP contribution in [0.15, 0.2) is 23.8 Å². The van der Waals surface area contributed by atoms with Gasteiger partial charge in [-0.05, 0) is 38.3 Å². The molecule has 0 spiro atoms. The molecule has 1 fully saturated rings. The molecule has 0 aliphatic carbocycles. The Kier molecular flexibility index (Phi) is 6.13. The van der Waals surface area contributed by atoms with Gasteiger partial charge in [0.1, 0.15) is 6.61 Å². The fraction of sp³-hybridized carbons (Fsp3) is 0.500. The monoisotopic (exact) mass is 352 g/mol. The Labute approximate surface area is 149 Å². The number of para-hydroxylation sites is 1. The standard InChI is InChI=1S/C18H24N2O3.ClH/c1-12(19)15-7-3-4-9-20(15)18(21)14-10-13-6-5-8-16(22-2)17(13)23-11-14;/h5-6,8,10,12,15H,3-4,7,9,11,19H2,1-2H3;1H. The first-order chi connectivity index (χ1) is 11.1. The number of halogens is 1. The zero-order valence-electron chi connectivity index (χ0n) is 14.2. The van der Waals surface area contributed by atoms with Gasteiger partial charge in [0.05, 0.1) is 12.7 Å². The first-order valence-electron chi connectivity index (χ1n) is 8.18. The molecule has 0 saturated carbocycles. The summed E-state index contributed by atoms with van der Waals surface area (Å²) < 4.78 is 11.1. The molecule has 1 aromatic carbocycles. The van der Waals surface area contributed by atoms with E-state index in [4.69, 9.17) is 15.2 Å². The van der Waals surface area contributed by atoms with Gasteiger partial charge in [0, 0.05) is 24.2 Å². The molecule has 1 amide bonds. The number of methoxy groups -OCH3 is 1. The van der Waals surface area contributed by atoms with Crippen molar-refractivity contribution in [1.82, 2.24) is 4.90 Å². The van der Waals surface area contributed by atoms with Crippen LogP contribution in [0.25, 0.3) is 6.08 Å². The summed E-state index contributed by atoms with van der Waals surface area (Å²) in [6.45, 7) is 3.02. The molecule has 132 valence electrons. The quantitative estimate of drug-likeness (QED) is 0.908.